The van der Waals surface area contributed by atoms with Gasteiger partial charge in [0.05, 0.1) is 0 Å². The Balaban J connectivity index is 0.00000256. The van der Waals surface area contributed by atoms with Crippen molar-refractivity contribution in [3.05, 3.63) is 28.8 Å². The Morgan fingerprint density at radius 2 is 1.24 bits per heavy atom. The Morgan fingerprint density at radius 1 is 0.882 bits per heavy atom. The summed E-state index contributed by atoms with van der Waals surface area (Å²) >= 11 is 4.15. The van der Waals surface area contributed by atoms with Crippen molar-refractivity contribution >= 4 is 59.5 Å². The molecule has 0 amide bonds. The maximum Gasteiger partial charge on any atom is 0.160 e. The van der Waals surface area contributed by atoms with Crippen LogP contribution in [0.1, 0.15) is 51.8 Å². The average molecular weight is 259 g/mol. The minimum absolute atomic E-state index is 0. The van der Waals surface area contributed by atoms with Gasteiger partial charge in [0.15, 0.2) is 17.3 Å². The molecule has 5 heteroatoms. The first-order valence-electron chi connectivity index (χ1n) is 4.74. The van der Waals surface area contributed by atoms with Crippen LogP contribution in [-0.2, 0) is 0 Å². The molecule has 0 atom stereocenters. The summed E-state index contributed by atoms with van der Waals surface area (Å²) in [7, 11) is 0. The van der Waals surface area contributed by atoms with Gasteiger partial charge in [-0.15, -0.1) is 12.6 Å². The van der Waals surface area contributed by atoms with Gasteiger partial charge in [-0.05, 0) is 32.9 Å². The molecule has 17 heavy (non-hydrogen) atoms. The summed E-state index contributed by atoms with van der Waals surface area (Å²) in [5.41, 5.74) is 0.968. The molecule has 1 rings (SSSR count). The fourth-order valence-corrected chi connectivity index (χ4v) is 1.82. The summed E-state index contributed by atoms with van der Waals surface area (Å²) in [6.07, 6.45) is 0. The molecular weight excluding hydrogens is 247 g/mol. The van der Waals surface area contributed by atoms with E-state index in [1.807, 2.05) is 0 Å². The molecule has 0 saturated carbocycles. The Hall–Kier alpha value is -0.420. The molecule has 0 aliphatic carbocycles. The number of carbonyl (C=O) groups is 3. The Labute approximate surface area is 128 Å². The number of carbonyl (C=O) groups excluding carboxylic acids is 3. The van der Waals surface area contributed by atoms with E-state index in [2.05, 4.69) is 12.6 Å². The van der Waals surface area contributed by atoms with Gasteiger partial charge in [-0.1, -0.05) is 0 Å². The van der Waals surface area contributed by atoms with Gasteiger partial charge < -0.3 is 0 Å². The number of hydrogen-bond donors (Lipinski definition) is 1. The van der Waals surface area contributed by atoms with Crippen LogP contribution < -0.4 is 0 Å². The van der Waals surface area contributed by atoms with E-state index in [4.69, 9.17) is 0 Å². The van der Waals surface area contributed by atoms with Crippen LogP contribution in [0, 0.1) is 0 Å². The van der Waals surface area contributed by atoms with Gasteiger partial charge in [0.25, 0.3) is 0 Å². The third-order valence-corrected chi connectivity index (χ3v) is 2.76. The van der Waals surface area contributed by atoms with Crippen molar-refractivity contribution in [2.75, 3.05) is 0 Å². The molecule has 1 radical (unpaired) electrons. The molecule has 1 aromatic carbocycles. The van der Waals surface area contributed by atoms with Crippen molar-refractivity contribution in [1.82, 2.24) is 0 Å². The topological polar surface area (TPSA) is 51.2 Å². The van der Waals surface area contributed by atoms with E-state index in [9.17, 15) is 14.4 Å². The molecule has 0 unspecified atom stereocenters. The first-order chi connectivity index (χ1) is 7.34. The average Bonchev–Trinajstić information content (AvgIpc) is 2.16. The molecule has 0 aliphatic rings. The van der Waals surface area contributed by atoms with Crippen LogP contribution in [-0.4, -0.2) is 46.9 Å². The number of hydrogen-bond acceptors (Lipinski definition) is 4. The molecule has 85 valence electrons. The summed E-state index contributed by atoms with van der Waals surface area (Å²) in [6.45, 7) is 4.15. The summed E-state index contributed by atoms with van der Waals surface area (Å²) in [4.78, 5) is 34.3. The molecule has 0 aromatic heterocycles. The van der Waals surface area contributed by atoms with Crippen molar-refractivity contribution < 1.29 is 14.4 Å². The van der Waals surface area contributed by atoms with Crippen LogP contribution in [0.25, 0.3) is 0 Å². The van der Waals surface area contributed by atoms with Gasteiger partial charge >= 0.3 is 0 Å². The molecule has 0 aliphatic heterocycles. The van der Waals surface area contributed by atoms with Gasteiger partial charge in [0.1, 0.15) is 0 Å². The summed E-state index contributed by atoms with van der Waals surface area (Å²) in [5.74, 6) is -0.607. The van der Waals surface area contributed by atoms with E-state index < -0.39 is 0 Å². The summed E-state index contributed by atoms with van der Waals surface area (Å²) < 4.78 is 0. The monoisotopic (exact) mass is 259 g/mol. The minimum atomic E-state index is -0.212. The fourth-order valence-electron chi connectivity index (χ4n) is 1.37. The van der Waals surface area contributed by atoms with E-state index >= 15 is 0 Å². The van der Waals surface area contributed by atoms with E-state index in [1.165, 1.54) is 32.9 Å². The Kier molecular flexibility index (Phi) is 6.34. The zero-order valence-corrected chi connectivity index (χ0v) is 13.2. The van der Waals surface area contributed by atoms with Gasteiger partial charge in [-0.2, -0.15) is 0 Å². The van der Waals surface area contributed by atoms with E-state index in [-0.39, 0.29) is 46.9 Å². The maximum atomic E-state index is 11.3. The maximum absolute atomic E-state index is 11.3. The van der Waals surface area contributed by atoms with E-state index in [1.54, 1.807) is 0 Å². The second-order valence-corrected chi connectivity index (χ2v) is 4.04. The summed E-state index contributed by atoms with van der Waals surface area (Å²) in [6, 6.07) is 2.94. The van der Waals surface area contributed by atoms with Crippen LogP contribution in [0.3, 0.4) is 0 Å². The first-order valence-corrected chi connectivity index (χ1v) is 5.19. The van der Waals surface area contributed by atoms with Gasteiger partial charge in [0.2, 0.25) is 0 Å². The molecule has 0 spiro atoms. The second kappa shape index (κ2) is 6.50. The zero-order chi connectivity index (χ0) is 12.5. The van der Waals surface area contributed by atoms with Crippen LogP contribution in [0.5, 0.6) is 0 Å². The molecule has 3 nitrogen and oxygen atoms in total. The standard InChI is InChI=1S/C12H12O3S.Na/c1-6(13)9-4-10(7(2)14)12(16)11(5-9)8(3)15;/h4-5,16H,1-3H3;. The molecule has 0 bridgehead atoms. The van der Waals surface area contributed by atoms with E-state index in [0.717, 1.165) is 0 Å². The number of thiol groups is 1. The third-order valence-electron chi connectivity index (χ3n) is 2.28. The normalized spacial score (nSPS) is 9.41. The summed E-state index contributed by atoms with van der Waals surface area (Å²) in [5, 5.41) is 0. The molecule has 0 saturated heterocycles. The van der Waals surface area contributed by atoms with Gasteiger partial charge in [-0.3, -0.25) is 14.4 Å². The largest absolute Gasteiger partial charge is 0.295 e. The van der Waals surface area contributed by atoms with Gasteiger partial charge in [-0.25, -0.2) is 0 Å². The fraction of sp³-hybridized carbons (Fsp3) is 0.250. The number of rotatable bonds is 3. The quantitative estimate of drug-likeness (QED) is 0.514. The Morgan fingerprint density at radius 3 is 1.47 bits per heavy atom. The number of ketones is 3. The van der Waals surface area contributed by atoms with Crippen LogP contribution in [0.15, 0.2) is 17.0 Å². The number of Topliss-reactive ketones (excluding diaryl/α,β-unsaturated/α-hetero) is 3. The molecule has 0 heterocycles. The van der Waals surface area contributed by atoms with Crippen molar-refractivity contribution in [1.29, 1.82) is 0 Å². The SMILES string of the molecule is CC(=O)c1cc(C(C)=O)c(S)c(C(C)=O)c1.[Na]. The predicted molar refractivity (Wildman–Crippen MR) is 69.5 cm³/mol. The second-order valence-electron chi connectivity index (χ2n) is 3.59. The van der Waals surface area contributed by atoms with E-state index in [0.29, 0.717) is 21.6 Å². The predicted octanol–water partition coefficient (Wildman–Crippen LogP) is 2.20. The smallest absolute Gasteiger partial charge is 0.160 e. The molecular formula is C12H12NaO3S. The van der Waals surface area contributed by atoms with Crippen molar-refractivity contribution in [2.24, 2.45) is 0 Å². The van der Waals surface area contributed by atoms with Crippen LogP contribution >= 0.6 is 12.6 Å². The first kappa shape index (κ1) is 16.6. The van der Waals surface area contributed by atoms with Crippen molar-refractivity contribution in [3.63, 3.8) is 0 Å². The molecule has 1 aromatic rings. The number of benzene rings is 1. The third kappa shape index (κ3) is 3.78. The van der Waals surface area contributed by atoms with Crippen LogP contribution in [0.4, 0.5) is 0 Å². The minimum Gasteiger partial charge on any atom is -0.295 e. The van der Waals surface area contributed by atoms with Gasteiger partial charge in [0, 0.05) is 51.1 Å². The van der Waals surface area contributed by atoms with Crippen LogP contribution in [0.2, 0.25) is 0 Å². The Bertz CT molecular complexity index is 460. The molecule has 0 N–H and O–H groups in total. The van der Waals surface area contributed by atoms with Crippen molar-refractivity contribution in [3.8, 4) is 0 Å². The molecule has 0 fully saturated rings. The zero-order valence-electron chi connectivity index (χ0n) is 10.3. The van der Waals surface area contributed by atoms with Crippen molar-refractivity contribution in [2.45, 2.75) is 25.7 Å².